The predicted molar refractivity (Wildman–Crippen MR) is 108 cm³/mol. The molecule has 1 saturated heterocycles. The van der Waals surface area contributed by atoms with E-state index in [0.29, 0.717) is 36.2 Å². The Labute approximate surface area is 164 Å². The summed E-state index contributed by atoms with van der Waals surface area (Å²) in [6, 6.07) is 7.24. The molecule has 1 aromatic heterocycles. The van der Waals surface area contributed by atoms with Crippen LogP contribution in [0.4, 0.5) is 11.5 Å². The van der Waals surface area contributed by atoms with Crippen molar-refractivity contribution in [2.24, 2.45) is 0 Å². The number of morpholine rings is 1. The molecule has 1 amide bonds. The molecule has 8 heteroatoms. The molecule has 2 aromatic rings. The number of nitrogen functional groups attached to an aromatic ring is 2. The van der Waals surface area contributed by atoms with Gasteiger partial charge in [-0.1, -0.05) is 30.3 Å². The van der Waals surface area contributed by atoms with E-state index in [1.54, 1.807) is 17.0 Å². The summed E-state index contributed by atoms with van der Waals surface area (Å²) in [4.78, 5) is 21.1. The van der Waals surface area contributed by atoms with Gasteiger partial charge in [-0.3, -0.25) is 4.79 Å². The summed E-state index contributed by atoms with van der Waals surface area (Å²) < 4.78 is 5.46. The third-order valence-corrected chi connectivity index (χ3v) is 4.08. The quantitative estimate of drug-likeness (QED) is 0.764. The molecular formula is C19H24ClN5O2. The van der Waals surface area contributed by atoms with Crippen molar-refractivity contribution in [3.8, 4) is 11.4 Å². The molecule has 4 N–H and O–H groups in total. The van der Waals surface area contributed by atoms with Gasteiger partial charge in [0.05, 0.1) is 24.1 Å². The molecule has 0 saturated carbocycles. The number of rotatable bonds is 2. The maximum absolute atomic E-state index is 11.2. The van der Waals surface area contributed by atoms with E-state index in [0.717, 1.165) is 5.56 Å². The molecule has 0 spiro atoms. The molecule has 3 rings (SSSR count). The van der Waals surface area contributed by atoms with E-state index in [-0.39, 0.29) is 17.3 Å². The number of amides is 1. The summed E-state index contributed by atoms with van der Waals surface area (Å²) >= 11 is 5.85. The van der Waals surface area contributed by atoms with Crippen LogP contribution in [0.2, 0.25) is 5.02 Å². The Morgan fingerprint density at radius 1 is 1.41 bits per heavy atom. The zero-order valence-electron chi connectivity index (χ0n) is 15.5. The van der Waals surface area contributed by atoms with Crippen molar-refractivity contribution < 1.29 is 9.53 Å². The summed E-state index contributed by atoms with van der Waals surface area (Å²) in [5.41, 5.74) is 12.1. The fraction of sp³-hybridized carbons (Fsp3) is 0.316. The van der Waals surface area contributed by atoms with Crippen molar-refractivity contribution in [3.05, 3.63) is 48.1 Å². The normalized spacial score (nSPS) is 15.4. The Bertz CT molecular complexity index is 825. The van der Waals surface area contributed by atoms with E-state index in [2.05, 4.69) is 16.5 Å². The predicted octanol–water partition coefficient (Wildman–Crippen LogP) is 2.77. The van der Waals surface area contributed by atoms with Crippen molar-refractivity contribution in [2.45, 2.75) is 19.4 Å². The third-order valence-electron chi connectivity index (χ3n) is 3.84. The van der Waals surface area contributed by atoms with Crippen LogP contribution in [0.1, 0.15) is 13.8 Å². The molecule has 0 aliphatic carbocycles. The van der Waals surface area contributed by atoms with Crippen molar-refractivity contribution in [2.75, 3.05) is 31.2 Å². The highest BCUT2D eigenvalue weighted by Gasteiger charge is 2.28. The Morgan fingerprint density at radius 2 is 2.15 bits per heavy atom. The van der Waals surface area contributed by atoms with E-state index in [1.165, 1.54) is 12.3 Å². The Balaban J connectivity index is 0.000000199. The highest BCUT2D eigenvalue weighted by Crippen LogP contribution is 2.21. The molecule has 7 nitrogen and oxygen atoms in total. The van der Waals surface area contributed by atoms with Gasteiger partial charge in [0.15, 0.2) is 11.6 Å². The molecule has 144 valence electrons. The smallest absolute Gasteiger partial charge is 0.246 e. The van der Waals surface area contributed by atoms with Crippen LogP contribution < -0.4 is 11.5 Å². The van der Waals surface area contributed by atoms with Crippen molar-refractivity contribution in [1.29, 1.82) is 0 Å². The zero-order chi connectivity index (χ0) is 20.0. The lowest BCUT2D eigenvalue weighted by Crippen LogP contribution is -2.50. The van der Waals surface area contributed by atoms with Gasteiger partial charge in [0.1, 0.15) is 0 Å². The van der Waals surface area contributed by atoms with Crippen LogP contribution in [0.5, 0.6) is 0 Å². The van der Waals surface area contributed by atoms with Gasteiger partial charge < -0.3 is 21.1 Å². The Morgan fingerprint density at radius 3 is 2.74 bits per heavy atom. The number of anilines is 2. The minimum atomic E-state index is -0.211. The van der Waals surface area contributed by atoms with Gasteiger partial charge in [-0.2, -0.15) is 0 Å². The third kappa shape index (κ3) is 5.94. The standard InChI is InChI=1S/C10H9ClN4.C9H15NO2/c11-7-3-1-2-6(4-7)10-14-5-8(12)9(13)15-10;1-4-8(11)10-5-6-12-9(2,3)7-10/h1-5H,12H2,(H2,13,14,15);4H,1,5-7H2,2-3H3. The summed E-state index contributed by atoms with van der Waals surface area (Å²) in [5.74, 6) is 0.788. The van der Waals surface area contributed by atoms with E-state index < -0.39 is 0 Å². The first-order valence-corrected chi connectivity index (χ1v) is 8.79. The van der Waals surface area contributed by atoms with Gasteiger partial charge >= 0.3 is 0 Å². The van der Waals surface area contributed by atoms with Gasteiger partial charge in [0, 0.05) is 23.7 Å². The van der Waals surface area contributed by atoms with Crippen LogP contribution in [-0.4, -0.2) is 46.1 Å². The van der Waals surface area contributed by atoms with Gasteiger partial charge in [0.25, 0.3) is 0 Å². The van der Waals surface area contributed by atoms with Crippen LogP contribution in [-0.2, 0) is 9.53 Å². The second kappa shape index (κ2) is 8.83. The van der Waals surface area contributed by atoms with Crippen LogP contribution in [0.3, 0.4) is 0 Å². The van der Waals surface area contributed by atoms with Crippen LogP contribution in [0.15, 0.2) is 43.1 Å². The van der Waals surface area contributed by atoms with Crippen LogP contribution in [0.25, 0.3) is 11.4 Å². The van der Waals surface area contributed by atoms with E-state index in [9.17, 15) is 4.79 Å². The number of aromatic nitrogens is 2. The fourth-order valence-electron chi connectivity index (χ4n) is 2.50. The molecule has 1 aliphatic heterocycles. The molecule has 27 heavy (non-hydrogen) atoms. The molecule has 1 fully saturated rings. The number of carbonyl (C=O) groups excluding carboxylic acids is 1. The molecule has 0 unspecified atom stereocenters. The lowest BCUT2D eigenvalue weighted by atomic mass is 10.1. The van der Waals surface area contributed by atoms with Gasteiger partial charge in [-0.25, -0.2) is 9.97 Å². The molecule has 0 radical (unpaired) electrons. The highest BCUT2D eigenvalue weighted by atomic mass is 35.5. The average Bonchev–Trinajstić information content (AvgIpc) is 2.63. The maximum Gasteiger partial charge on any atom is 0.246 e. The second-order valence-corrected chi connectivity index (χ2v) is 7.05. The number of hydrogen-bond donors (Lipinski definition) is 2. The molecule has 0 bridgehead atoms. The average molecular weight is 390 g/mol. The summed E-state index contributed by atoms with van der Waals surface area (Å²) in [6.45, 7) is 9.36. The fourth-order valence-corrected chi connectivity index (χ4v) is 2.69. The molecule has 0 atom stereocenters. The number of nitrogens with zero attached hydrogens (tertiary/aromatic N) is 3. The SMILES string of the molecule is C=CC(=O)N1CCOC(C)(C)C1.Nc1cnc(-c2cccc(Cl)c2)nc1N. The first-order valence-electron chi connectivity index (χ1n) is 8.41. The van der Waals surface area contributed by atoms with E-state index in [4.69, 9.17) is 27.8 Å². The van der Waals surface area contributed by atoms with Gasteiger partial charge in [-0.05, 0) is 32.1 Å². The summed E-state index contributed by atoms with van der Waals surface area (Å²) in [5, 5.41) is 0.631. The first-order chi connectivity index (χ1) is 12.7. The van der Waals surface area contributed by atoms with E-state index >= 15 is 0 Å². The van der Waals surface area contributed by atoms with Crippen LogP contribution >= 0.6 is 11.6 Å². The van der Waals surface area contributed by atoms with Crippen LogP contribution in [0, 0.1) is 0 Å². The Kier molecular flexibility index (Phi) is 6.76. The number of ether oxygens (including phenoxy) is 1. The monoisotopic (exact) mass is 389 g/mol. The van der Waals surface area contributed by atoms with Gasteiger partial charge in [-0.15, -0.1) is 0 Å². The lowest BCUT2D eigenvalue weighted by molar-refractivity contribution is -0.140. The number of benzene rings is 1. The molecule has 1 aromatic carbocycles. The minimum absolute atomic E-state index is 0.00799. The summed E-state index contributed by atoms with van der Waals surface area (Å²) in [6.07, 6.45) is 2.83. The van der Waals surface area contributed by atoms with E-state index in [1.807, 2.05) is 26.0 Å². The molecule has 1 aliphatic rings. The summed E-state index contributed by atoms with van der Waals surface area (Å²) in [7, 11) is 0. The van der Waals surface area contributed by atoms with Crippen molar-refractivity contribution in [1.82, 2.24) is 14.9 Å². The lowest BCUT2D eigenvalue weighted by Gasteiger charge is -2.37. The minimum Gasteiger partial charge on any atom is -0.394 e. The maximum atomic E-state index is 11.2. The first kappa shape index (κ1) is 20.7. The number of nitrogens with two attached hydrogens (primary N) is 2. The Hall–Kier alpha value is -2.64. The van der Waals surface area contributed by atoms with Crippen molar-refractivity contribution in [3.63, 3.8) is 0 Å². The topological polar surface area (TPSA) is 107 Å². The number of carbonyl (C=O) groups is 1. The second-order valence-electron chi connectivity index (χ2n) is 6.62. The van der Waals surface area contributed by atoms with Crippen molar-refractivity contribution >= 4 is 29.0 Å². The molecular weight excluding hydrogens is 366 g/mol. The zero-order valence-corrected chi connectivity index (χ0v) is 16.2. The molecule has 2 heterocycles. The largest absolute Gasteiger partial charge is 0.394 e. The van der Waals surface area contributed by atoms with Gasteiger partial charge in [0.2, 0.25) is 5.91 Å². The highest BCUT2D eigenvalue weighted by molar-refractivity contribution is 6.30. The number of hydrogen-bond acceptors (Lipinski definition) is 6. The number of halogens is 1.